The van der Waals surface area contributed by atoms with E-state index in [4.69, 9.17) is 11.5 Å². The highest BCUT2D eigenvalue weighted by Gasteiger charge is 2.09. The van der Waals surface area contributed by atoms with Crippen molar-refractivity contribution in [3.05, 3.63) is 34.4 Å². The maximum atomic E-state index is 10.8. The average molecular weight is 367 g/mol. The molecule has 0 amide bonds. The SMILES string of the molecule is NCCNCCCCN(CCCCNCCN)c1ccc([N+](=O)[O-])cc1. The second-order valence-electron chi connectivity index (χ2n) is 6.25. The molecule has 0 aliphatic rings. The van der Waals surface area contributed by atoms with Crippen molar-refractivity contribution in [1.29, 1.82) is 0 Å². The fourth-order valence-electron chi connectivity index (χ4n) is 2.71. The zero-order valence-corrected chi connectivity index (χ0v) is 15.7. The Bertz CT molecular complexity index is 467. The summed E-state index contributed by atoms with van der Waals surface area (Å²) >= 11 is 0. The normalized spacial score (nSPS) is 10.8. The number of nitrogens with zero attached hydrogens (tertiary/aromatic N) is 2. The quantitative estimate of drug-likeness (QED) is 0.196. The summed E-state index contributed by atoms with van der Waals surface area (Å²) in [5.74, 6) is 0. The van der Waals surface area contributed by atoms with E-state index < -0.39 is 0 Å². The van der Waals surface area contributed by atoms with Gasteiger partial charge in [-0.15, -0.1) is 0 Å². The molecule has 0 fully saturated rings. The predicted octanol–water partition coefficient (Wildman–Crippen LogP) is 1.06. The van der Waals surface area contributed by atoms with Crippen molar-refractivity contribution in [2.75, 3.05) is 57.3 Å². The van der Waals surface area contributed by atoms with Gasteiger partial charge in [-0.25, -0.2) is 0 Å². The molecule has 0 unspecified atom stereocenters. The lowest BCUT2D eigenvalue weighted by Gasteiger charge is -2.25. The molecule has 1 aromatic carbocycles. The first-order valence-electron chi connectivity index (χ1n) is 9.50. The number of nitrogens with one attached hydrogen (secondary N) is 2. The zero-order valence-electron chi connectivity index (χ0n) is 15.7. The monoisotopic (exact) mass is 366 g/mol. The van der Waals surface area contributed by atoms with Crippen molar-refractivity contribution in [1.82, 2.24) is 10.6 Å². The number of nitro benzene ring substituents is 1. The van der Waals surface area contributed by atoms with Crippen LogP contribution in [0.2, 0.25) is 0 Å². The summed E-state index contributed by atoms with van der Waals surface area (Å²) in [6.45, 7) is 6.84. The van der Waals surface area contributed by atoms with Crippen LogP contribution in [0.3, 0.4) is 0 Å². The Kier molecular flexibility index (Phi) is 12.4. The van der Waals surface area contributed by atoms with Crippen molar-refractivity contribution in [3.63, 3.8) is 0 Å². The van der Waals surface area contributed by atoms with Gasteiger partial charge >= 0.3 is 0 Å². The first-order chi connectivity index (χ1) is 12.7. The summed E-state index contributed by atoms with van der Waals surface area (Å²) in [6, 6.07) is 6.84. The second kappa shape index (κ2) is 14.4. The molecule has 0 bridgehead atoms. The van der Waals surface area contributed by atoms with Crippen molar-refractivity contribution in [2.45, 2.75) is 25.7 Å². The third-order valence-corrected chi connectivity index (χ3v) is 4.13. The number of hydrogen-bond donors (Lipinski definition) is 4. The highest BCUT2D eigenvalue weighted by Crippen LogP contribution is 2.20. The minimum Gasteiger partial charge on any atom is -0.372 e. The molecule has 6 N–H and O–H groups in total. The highest BCUT2D eigenvalue weighted by atomic mass is 16.6. The van der Waals surface area contributed by atoms with Gasteiger partial charge in [0.15, 0.2) is 0 Å². The van der Waals surface area contributed by atoms with Crippen LogP contribution in [0, 0.1) is 10.1 Å². The third-order valence-electron chi connectivity index (χ3n) is 4.13. The second-order valence-corrected chi connectivity index (χ2v) is 6.25. The molecule has 148 valence electrons. The van der Waals surface area contributed by atoms with Crippen molar-refractivity contribution in [2.24, 2.45) is 11.5 Å². The minimum atomic E-state index is -0.361. The van der Waals surface area contributed by atoms with Crippen LogP contribution >= 0.6 is 0 Å². The van der Waals surface area contributed by atoms with Crippen LogP contribution in [0.15, 0.2) is 24.3 Å². The summed E-state index contributed by atoms with van der Waals surface area (Å²) in [5.41, 5.74) is 12.1. The molecule has 0 aliphatic carbocycles. The van der Waals surface area contributed by atoms with E-state index in [1.165, 1.54) is 0 Å². The van der Waals surface area contributed by atoms with Crippen LogP contribution < -0.4 is 27.0 Å². The van der Waals surface area contributed by atoms with Gasteiger partial charge in [-0.05, 0) is 50.9 Å². The number of anilines is 1. The maximum Gasteiger partial charge on any atom is 0.269 e. The number of nitrogens with two attached hydrogens (primary N) is 2. The summed E-state index contributed by atoms with van der Waals surface area (Å²) in [7, 11) is 0. The van der Waals surface area contributed by atoms with Gasteiger partial charge in [-0.3, -0.25) is 10.1 Å². The van der Waals surface area contributed by atoms with Crippen molar-refractivity contribution < 1.29 is 4.92 Å². The van der Waals surface area contributed by atoms with Crippen molar-refractivity contribution >= 4 is 11.4 Å². The first kappa shape index (κ1) is 22.3. The molecular weight excluding hydrogens is 332 g/mol. The van der Waals surface area contributed by atoms with E-state index in [1.807, 2.05) is 12.1 Å². The molecule has 0 radical (unpaired) electrons. The van der Waals surface area contributed by atoms with E-state index in [0.717, 1.165) is 70.6 Å². The lowest BCUT2D eigenvalue weighted by atomic mass is 10.2. The molecule has 0 aromatic heterocycles. The predicted molar refractivity (Wildman–Crippen MR) is 108 cm³/mol. The number of non-ortho nitro benzene ring substituents is 1. The zero-order chi connectivity index (χ0) is 19.0. The fraction of sp³-hybridized carbons (Fsp3) is 0.667. The topological polar surface area (TPSA) is 122 Å². The number of rotatable bonds is 16. The van der Waals surface area contributed by atoms with Gasteiger partial charge in [0.2, 0.25) is 0 Å². The van der Waals surface area contributed by atoms with Gasteiger partial charge in [-0.1, -0.05) is 0 Å². The van der Waals surface area contributed by atoms with Crippen LogP contribution in [0.1, 0.15) is 25.7 Å². The molecule has 0 saturated carbocycles. The van der Waals surface area contributed by atoms with Gasteiger partial charge in [0, 0.05) is 57.1 Å². The Labute approximate surface area is 156 Å². The van der Waals surface area contributed by atoms with E-state index in [1.54, 1.807) is 12.1 Å². The Morgan fingerprint density at radius 1 is 0.846 bits per heavy atom. The highest BCUT2D eigenvalue weighted by molar-refractivity contribution is 5.50. The lowest BCUT2D eigenvalue weighted by molar-refractivity contribution is -0.384. The van der Waals surface area contributed by atoms with E-state index >= 15 is 0 Å². The van der Waals surface area contributed by atoms with E-state index in [-0.39, 0.29) is 10.6 Å². The summed E-state index contributed by atoms with van der Waals surface area (Å²) in [4.78, 5) is 12.8. The molecule has 1 rings (SSSR count). The number of unbranched alkanes of at least 4 members (excludes halogenated alkanes) is 2. The summed E-state index contributed by atoms with van der Waals surface area (Å²) in [5, 5.41) is 17.4. The lowest BCUT2D eigenvalue weighted by Crippen LogP contribution is -2.28. The van der Waals surface area contributed by atoms with Gasteiger partial charge in [0.25, 0.3) is 5.69 Å². The minimum absolute atomic E-state index is 0.130. The standard InChI is InChI=1S/C18H34N6O2/c19-9-13-21-11-1-3-15-23(16-4-2-12-22-14-10-20)17-5-7-18(8-6-17)24(25)26/h5-8,21-22H,1-4,9-16,19-20H2. The fourth-order valence-corrected chi connectivity index (χ4v) is 2.71. The smallest absolute Gasteiger partial charge is 0.269 e. The maximum absolute atomic E-state index is 10.8. The largest absolute Gasteiger partial charge is 0.372 e. The van der Waals surface area contributed by atoms with Crippen molar-refractivity contribution in [3.8, 4) is 0 Å². The number of nitro groups is 1. The van der Waals surface area contributed by atoms with E-state index in [9.17, 15) is 10.1 Å². The first-order valence-corrected chi connectivity index (χ1v) is 9.50. The Hall–Kier alpha value is -1.74. The number of benzene rings is 1. The molecule has 8 heteroatoms. The van der Waals surface area contributed by atoms with Crippen LogP contribution in [-0.2, 0) is 0 Å². The molecular formula is C18H34N6O2. The summed E-state index contributed by atoms with van der Waals surface area (Å²) < 4.78 is 0. The Morgan fingerprint density at radius 3 is 1.77 bits per heavy atom. The molecule has 8 nitrogen and oxygen atoms in total. The molecule has 0 saturated heterocycles. The molecule has 26 heavy (non-hydrogen) atoms. The van der Waals surface area contributed by atoms with Gasteiger partial charge in [0.05, 0.1) is 4.92 Å². The van der Waals surface area contributed by atoms with Crippen LogP contribution in [0.4, 0.5) is 11.4 Å². The summed E-state index contributed by atoms with van der Waals surface area (Å²) in [6.07, 6.45) is 4.31. The third kappa shape index (κ3) is 9.67. The molecule has 0 atom stereocenters. The van der Waals surface area contributed by atoms with Crippen LogP contribution in [0.5, 0.6) is 0 Å². The number of hydrogen-bond acceptors (Lipinski definition) is 7. The average Bonchev–Trinajstić information content (AvgIpc) is 2.65. The molecule has 1 aromatic rings. The van der Waals surface area contributed by atoms with Gasteiger partial charge in [-0.2, -0.15) is 0 Å². The van der Waals surface area contributed by atoms with Gasteiger partial charge < -0.3 is 27.0 Å². The van der Waals surface area contributed by atoms with Gasteiger partial charge in [0.1, 0.15) is 0 Å². The van der Waals surface area contributed by atoms with Crippen LogP contribution in [-0.4, -0.2) is 57.3 Å². The molecule has 0 heterocycles. The van der Waals surface area contributed by atoms with Crippen LogP contribution in [0.25, 0.3) is 0 Å². The molecule has 0 spiro atoms. The molecule has 0 aliphatic heterocycles. The Morgan fingerprint density at radius 2 is 1.35 bits per heavy atom. The Balaban J connectivity index is 2.47. The van der Waals surface area contributed by atoms with E-state index in [0.29, 0.717) is 13.1 Å². The van der Waals surface area contributed by atoms with E-state index in [2.05, 4.69) is 15.5 Å².